The monoisotopic (exact) mass is 295 g/mol. The normalized spacial score (nSPS) is 33.9. The number of carboxylic acids is 1. The molecule has 0 aromatic rings. The van der Waals surface area contributed by atoms with E-state index in [1.165, 1.54) is 19.3 Å². The molecular formula is C15H25N3O3. The van der Waals surface area contributed by atoms with Crippen LogP contribution in [0.4, 0.5) is 4.79 Å². The van der Waals surface area contributed by atoms with Crippen LogP contribution in [0.2, 0.25) is 0 Å². The molecule has 3 aliphatic heterocycles. The SMILES string of the molecule is CC1C(C(=O)O)CCN1C(=O)N1CCN2CCCCC2C1. The molecule has 0 aromatic carbocycles. The topological polar surface area (TPSA) is 64.1 Å². The number of rotatable bonds is 1. The fourth-order valence-corrected chi connectivity index (χ4v) is 4.05. The number of fused-ring (bicyclic) bond motifs is 1. The first-order valence-electron chi connectivity index (χ1n) is 8.10. The van der Waals surface area contributed by atoms with Crippen molar-refractivity contribution in [3.05, 3.63) is 0 Å². The first-order chi connectivity index (χ1) is 10.1. The Balaban J connectivity index is 1.62. The van der Waals surface area contributed by atoms with Gasteiger partial charge in [-0.3, -0.25) is 9.69 Å². The zero-order valence-electron chi connectivity index (χ0n) is 12.7. The van der Waals surface area contributed by atoms with E-state index in [1.807, 2.05) is 11.8 Å². The Morgan fingerprint density at radius 1 is 1.05 bits per heavy atom. The van der Waals surface area contributed by atoms with Crippen LogP contribution in [0.3, 0.4) is 0 Å². The molecule has 1 N–H and O–H groups in total. The van der Waals surface area contributed by atoms with E-state index in [2.05, 4.69) is 4.90 Å². The lowest BCUT2D eigenvalue weighted by Crippen LogP contribution is -2.59. The molecule has 3 heterocycles. The van der Waals surface area contributed by atoms with Crippen LogP contribution in [0.1, 0.15) is 32.6 Å². The average molecular weight is 295 g/mol. The molecule has 3 fully saturated rings. The number of hydrogen-bond acceptors (Lipinski definition) is 3. The molecule has 6 nitrogen and oxygen atoms in total. The second kappa shape index (κ2) is 5.83. The molecule has 118 valence electrons. The fourth-order valence-electron chi connectivity index (χ4n) is 4.05. The van der Waals surface area contributed by atoms with E-state index < -0.39 is 11.9 Å². The maximum absolute atomic E-state index is 12.7. The Morgan fingerprint density at radius 3 is 2.57 bits per heavy atom. The number of nitrogens with zero attached hydrogens (tertiary/aromatic N) is 3. The van der Waals surface area contributed by atoms with Crippen molar-refractivity contribution in [2.45, 2.75) is 44.7 Å². The quantitative estimate of drug-likeness (QED) is 0.786. The van der Waals surface area contributed by atoms with Crippen LogP contribution in [0.5, 0.6) is 0 Å². The van der Waals surface area contributed by atoms with Crippen LogP contribution in [0, 0.1) is 5.92 Å². The molecule has 0 bridgehead atoms. The van der Waals surface area contributed by atoms with Gasteiger partial charge < -0.3 is 14.9 Å². The summed E-state index contributed by atoms with van der Waals surface area (Å²) in [5.41, 5.74) is 0. The number of aliphatic carboxylic acids is 1. The molecule has 6 heteroatoms. The Morgan fingerprint density at radius 2 is 1.86 bits per heavy atom. The number of piperazine rings is 1. The molecule has 3 unspecified atom stereocenters. The van der Waals surface area contributed by atoms with Crippen LogP contribution < -0.4 is 0 Å². The third-order valence-corrected chi connectivity index (χ3v) is 5.43. The Hall–Kier alpha value is -1.30. The molecule has 0 aliphatic carbocycles. The van der Waals surface area contributed by atoms with Crippen molar-refractivity contribution < 1.29 is 14.7 Å². The minimum atomic E-state index is -0.783. The summed E-state index contributed by atoms with van der Waals surface area (Å²) in [6.07, 6.45) is 4.28. The van der Waals surface area contributed by atoms with Gasteiger partial charge in [-0.2, -0.15) is 0 Å². The zero-order chi connectivity index (χ0) is 15.0. The number of carbonyl (C=O) groups is 2. The smallest absolute Gasteiger partial charge is 0.320 e. The van der Waals surface area contributed by atoms with Crippen molar-refractivity contribution in [1.82, 2.24) is 14.7 Å². The predicted molar refractivity (Wildman–Crippen MR) is 78.1 cm³/mol. The number of amides is 2. The van der Waals surface area contributed by atoms with E-state index >= 15 is 0 Å². The van der Waals surface area contributed by atoms with Gasteiger partial charge in [0.15, 0.2) is 0 Å². The summed E-state index contributed by atoms with van der Waals surface area (Å²) >= 11 is 0. The van der Waals surface area contributed by atoms with Crippen molar-refractivity contribution in [2.24, 2.45) is 5.92 Å². The predicted octanol–water partition coefficient (Wildman–Crippen LogP) is 1.07. The van der Waals surface area contributed by atoms with Crippen LogP contribution in [-0.2, 0) is 4.79 Å². The van der Waals surface area contributed by atoms with Gasteiger partial charge in [0.2, 0.25) is 0 Å². The van der Waals surface area contributed by atoms with Crippen LogP contribution in [0.25, 0.3) is 0 Å². The second-order valence-corrected chi connectivity index (χ2v) is 6.58. The average Bonchev–Trinajstić information content (AvgIpc) is 2.88. The number of carbonyl (C=O) groups excluding carboxylic acids is 1. The number of hydrogen-bond donors (Lipinski definition) is 1. The highest BCUT2D eigenvalue weighted by Crippen LogP contribution is 2.27. The van der Waals surface area contributed by atoms with Crippen LogP contribution >= 0.6 is 0 Å². The highest BCUT2D eigenvalue weighted by atomic mass is 16.4. The summed E-state index contributed by atoms with van der Waals surface area (Å²) in [5, 5.41) is 9.19. The van der Waals surface area contributed by atoms with E-state index in [-0.39, 0.29) is 12.1 Å². The van der Waals surface area contributed by atoms with Gasteiger partial charge in [0.25, 0.3) is 0 Å². The third-order valence-electron chi connectivity index (χ3n) is 5.43. The molecule has 3 rings (SSSR count). The van der Waals surface area contributed by atoms with Gasteiger partial charge in [0, 0.05) is 38.3 Å². The molecule has 0 spiro atoms. The molecule has 21 heavy (non-hydrogen) atoms. The molecular weight excluding hydrogens is 270 g/mol. The van der Waals surface area contributed by atoms with Crippen molar-refractivity contribution in [1.29, 1.82) is 0 Å². The summed E-state index contributed by atoms with van der Waals surface area (Å²) < 4.78 is 0. The van der Waals surface area contributed by atoms with Crippen molar-refractivity contribution in [2.75, 3.05) is 32.7 Å². The van der Waals surface area contributed by atoms with Gasteiger partial charge in [0.1, 0.15) is 0 Å². The lowest BCUT2D eigenvalue weighted by Gasteiger charge is -2.45. The third kappa shape index (κ3) is 2.73. The summed E-state index contributed by atoms with van der Waals surface area (Å²) in [6.45, 7) is 6.13. The Bertz CT molecular complexity index is 428. The van der Waals surface area contributed by atoms with Crippen LogP contribution in [0.15, 0.2) is 0 Å². The first kappa shape index (κ1) is 14.6. The van der Waals surface area contributed by atoms with E-state index in [1.54, 1.807) is 4.90 Å². The van der Waals surface area contributed by atoms with Gasteiger partial charge >= 0.3 is 12.0 Å². The van der Waals surface area contributed by atoms with E-state index in [0.717, 1.165) is 26.2 Å². The van der Waals surface area contributed by atoms with E-state index in [9.17, 15) is 14.7 Å². The van der Waals surface area contributed by atoms with Crippen LogP contribution in [-0.4, -0.2) is 76.6 Å². The number of likely N-dealkylation sites (tertiary alicyclic amines) is 1. The lowest BCUT2D eigenvalue weighted by atomic mass is 9.99. The second-order valence-electron chi connectivity index (χ2n) is 6.58. The standard InChI is InChI=1S/C15H25N3O3/c1-11-13(14(19)20)5-7-18(11)15(21)17-9-8-16-6-3-2-4-12(16)10-17/h11-13H,2-10H2,1H3,(H,19,20). The first-order valence-corrected chi connectivity index (χ1v) is 8.10. The Kier molecular flexibility index (Phi) is 4.06. The minimum absolute atomic E-state index is 0.0384. The molecule has 0 radical (unpaired) electrons. The maximum Gasteiger partial charge on any atom is 0.320 e. The highest BCUT2D eigenvalue weighted by Gasteiger charge is 2.41. The van der Waals surface area contributed by atoms with Gasteiger partial charge in [0.05, 0.1) is 5.92 Å². The van der Waals surface area contributed by atoms with Crippen molar-refractivity contribution >= 4 is 12.0 Å². The fraction of sp³-hybridized carbons (Fsp3) is 0.867. The van der Waals surface area contributed by atoms with E-state index in [0.29, 0.717) is 19.0 Å². The number of piperidine rings is 1. The molecule has 3 atom stereocenters. The lowest BCUT2D eigenvalue weighted by molar-refractivity contribution is -0.142. The number of carboxylic acid groups (broad SMARTS) is 1. The van der Waals surface area contributed by atoms with Gasteiger partial charge in [-0.05, 0) is 32.7 Å². The minimum Gasteiger partial charge on any atom is -0.481 e. The summed E-state index contributed by atoms with van der Waals surface area (Å²) in [6, 6.07) is 0.348. The highest BCUT2D eigenvalue weighted by molar-refractivity contribution is 5.78. The molecule has 2 amide bonds. The Labute approximate surface area is 125 Å². The largest absolute Gasteiger partial charge is 0.481 e. The maximum atomic E-state index is 12.7. The van der Waals surface area contributed by atoms with Gasteiger partial charge in [-0.25, -0.2) is 4.79 Å². The van der Waals surface area contributed by atoms with Crippen molar-refractivity contribution in [3.63, 3.8) is 0 Å². The summed E-state index contributed by atoms with van der Waals surface area (Å²) in [4.78, 5) is 30.1. The van der Waals surface area contributed by atoms with Crippen molar-refractivity contribution in [3.8, 4) is 0 Å². The summed E-state index contributed by atoms with van der Waals surface area (Å²) in [7, 11) is 0. The number of urea groups is 1. The zero-order valence-corrected chi connectivity index (χ0v) is 12.7. The summed E-state index contributed by atoms with van der Waals surface area (Å²) in [5.74, 6) is -1.19. The molecule has 3 aliphatic rings. The molecule has 0 aromatic heterocycles. The van der Waals surface area contributed by atoms with Gasteiger partial charge in [-0.1, -0.05) is 6.42 Å². The molecule has 0 saturated carbocycles. The van der Waals surface area contributed by atoms with E-state index in [4.69, 9.17) is 0 Å². The van der Waals surface area contributed by atoms with Gasteiger partial charge in [-0.15, -0.1) is 0 Å². The molecule has 3 saturated heterocycles.